The zero-order valence-electron chi connectivity index (χ0n) is 15.4. The molecule has 3 rings (SSSR count). The van der Waals surface area contributed by atoms with Crippen LogP contribution in [0.2, 0.25) is 0 Å². The first-order chi connectivity index (χ1) is 12.6. The summed E-state index contributed by atoms with van der Waals surface area (Å²) in [6.07, 6.45) is 1.95. The average Bonchev–Trinajstić information content (AvgIpc) is 2.70. The van der Waals surface area contributed by atoms with Crippen molar-refractivity contribution in [3.8, 4) is 17.0 Å². The van der Waals surface area contributed by atoms with Crippen LogP contribution in [0.5, 0.6) is 5.75 Å². The summed E-state index contributed by atoms with van der Waals surface area (Å²) < 4.78 is 5.38. The normalized spacial score (nSPS) is 23.1. The van der Waals surface area contributed by atoms with Crippen LogP contribution in [0.4, 0.5) is 5.82 Å². The molecule has 0 saturated carbocycles. The molecule has 2 N–H and O–H groups in total. The predicted octanol–water partition coefficient (Wildman–Crippen LogP) is 2.50. The molecule has 0 bridgehead atoms. The lowest BCUT2D eigenvalue weighted by atomic mass is 9.73. The van der Waals surface area contributed by atoms with E-state index in [1.54, 1.807) is 7.11 Å². The number of aliphatic hydroxyl groups excluding tert-OH is 2. The first-order valence-electron chi connectivity index (χ1n) is 9.14. The van der Waals surface area contributed by atoms with E-state index in [1.807, 2.05) is 41.3 Å². The molecule has 2 heterocycles. The highest BCUT2D eigenvalue weighted by atomic mass is 16.5. The molecule has 1 aromatic carbocycles. The van der Waals surface area contributed by atoms with Gasteiger partial charge >= 0.3 is 0 Å². The Morgan fingerprint density at radius 3 is 2.65 bits per heavy atom. The zero-order chi connectivity index (χ0) is 18.6. The highest BCUT2D eigenvalue weighted by molar-refractivity contribution is 5.67. The number of aromatic nitrogens is 2. The Balaban J connectivity index is 1.76. The van der Waals surface area contributed by atoms with Gasteiger partial charge in [0.2, 0.25) is 0 Å². The number of rotatable bonds is 6. The third-order valence-corrected chi connectivity index (χ3v) is 5.40. The molecule has 140 valence electrons. The third-order valence-electron chi connectivity index (χ3n) is 5.40. The van der Waals surface area contributed by atoms with Crippen molar-refractivity contribution >= 4 is 5.82 Å². The van der Waals surface area contributed by atoms with Crippen molar-refractivity contribution in [3.63, 3.8) is 0 Å². The van der Waals surface area contributed by atoms with E-state index >= 15 is 0 Å². The lowest BCUT2D eigenvalue weighted by Crippen LogP contribution is -2.53. The molecule has 0 aliphatic carbocycles. The summed E-state index contributed by atoms with van der Waals surface area (Å²) in [5.74, 6) is 1.50. The molecule has 6 heteroatoms. The van der Waals surface area contributed by atoms with Gasteiger partial charge in [-0.2, -0.15) is 0 Å². The molecule has 0 amide bonds. The van der Waals surface area contributed by atoms with E-state index in [0.717, 1.165) is 48.6 Å². The Hall–Kier alpha value is -2.18. The van der Waals surface area contributed by atoms with E-state index in [-0.39, 0.29) is 6.61 Å². The molecular formula is C20H27N3O3. The minimum atomic E-state index is -0.572. The maximum Gasteiger partial charge on any atom is 0.151 e. The van der Waals surface area contributed by atoms with Gasteiger partial charge in [0.1, 0.15) is 5.75 Å². The number of aliphatic hydroxyl groups is 2. The van der Waals surface area contributed by atoms with E-state index in [2.05, 4.69) is 17.1 Å². The fourth-order valence-corrected chi connectivity index (χ4v) is 3.77. The second kappa shape index (κ2) is 8.01. The number of ether oxygens (including phenoxy) is 1. The van der Waals surface area contributed by atoms with Crippen LogP contribution in [0.3, 0.4) is 0 Å². The van der Waals surface area contributed by atoms with Crippen molar-refractivity contribution in [1.82, 2.24) is 10.2 Å². The van der Waals surface area contributed by atoms with Gasteiger partial charge in [-0.05, 0) is 37.1 Å². The standard InChI is InChI=1S/C20H27N3O3/c1-3-10-20(14-24)11-12-23(13-18(20)25)19-9-8-16(21-22-19)15-6-4-5-7-17(15)26-2/h4-9,18,24-25H,3,10-14H2,1-2H3/t18-,20-/m1/s1. The van der Waals surface area contributed by atoms with Crippen molar-refractivity contribution in [1.29, 1.82) is 0 Å². The number of benzene rings is 1. The van der Waals surface area contributed by atoms with Gasteiger partial charge in [0, 0.05) is 24.1 Å². The Morgan fingerprint density at radius 2 is 2.04 bits per heavy atom. The average molecular weight is 357 g/mol. The molecule has 0 spiro atoms. The highest BCUT2D eigenvalue weighted by Gasteiger charge is 2.41. The minimum absolute atomic E-state index is 0.0221. The molecular weight excluding hydrogens is 330 g/mol. The maximum absolute atomic E-state index is 10.6. The summed E-state index contributed by atoms with van der Waals surface area (Å²) in [4.78, 5) is 2.03. The smallest absolute Gasteiger partial charge is 0.151 e. The second-order valence-electron chi connectivity index (χ2n) is 6.96. The van der Waals surface area contributed by atoms with Crippen molar-refractivity contribution < 1.29 is 14.9 Å². The molecule has 1 saturated heterocycles. The third kappa shape index (κ3) is 3.52. The van der Waals surface area contributed by atoms with Gasteiger partial charge in [0.25, 0.3) is 0 Å². The van der Waals surface area contributed by atoms with Crippen LogP contribution in [0, 0.1) is 5.41 Å². The summed E-state index contributed by atoms with van der Waals surface area (Å²) in [6, 6.07) is 11.6. The van der Waals surface area contributed by atoms with Crippen molar-refractivity contribution in [2.75, 3.05) is 31.7 Å². The van der Waals surface area contributed by atoms with Gasteiger partial charge < -0.3 is 19.8 Å². The molecule has 0 radical (unpaired) electrons. The maximum atomic E-state index is 10.6. The fourth-order valence-electron chi connectivity index (χ4n) is 3.77. The van der Waals surface area contributed by atoms with E-state index in [4.69, 9.17) is 4.74 Å². The van der Waals surface area contributed by atoms with Crippen LogP contribution < -0.4 is 9.64 Å². The van der Waals surface area contributed by atoms with Crippen molar-refractivity contribution in [2.45, 2.75) is 32.3 Å². The molecule has 26 heavy (non-hydrogen) atoms. The number of nitrogens with zero attached hydrogens (tertiary/aromatic N) is 3. The molecule has 1 fully saturated rings. The van der Waals surface area contributed by atoms with Crippen LogP contribution in [0.15, 0.2) is 36.4 Å². The summed E-state index contributed by atoms with van der Waals surface area (Å²) in [7, 11) is 1.64. The summed E-state index contributed by atoms with van der Waals surface area (Å²) in [5, 5.41) is 29.1. The van der Waals surface area contributed by atoms with Gasteiger partial charge in [0.05, 0.1) is 25.5 Å². The Labute approximate surface area is 154 Å². The van der Waals surface area contributed by atoms with Gasteiger partial charge in [-0.25, -0.2) is 0 Å². The number of para-hydroxylation sites is 1. The van der Waals surface area contributed by atoms with Crippen LogP contribution in [0.25, 0.3) is 11.3 Å². The van der Waals surface area contributed by atoms with Crippen LogP contribution in [0.1, 0.15) is 26.2 Å². The van der Waals surface area contributed by atoms with Crippen LogP contribution in [-0.4, -0.2) is 53.3 Å². The number of piperidine rings is 1. The minimum Gasteiger partial charge on any atom is -0.496 e. The van der Waals surface area contributed by atoms with E-state index in [9.17, 15) is 10.2 Å². The Kier molecular flexibility index (Phi) is 5.74. The molecule has 1 aliphatic heterocycles. The van der Waals surface area contributed by atoms with E-state index in [0.29, 0.717) is 6.54 Å². The summed E-state index contributed by atoms with van der Waals surface area (Å²) in [5.41, 5.74) is 1.25. The topological polar surface area (TPSA) is 78.7 Å². The Morgan fingerprint density at radius 1 is 1.23 bits per heavy atom. The lowest BCUT2D eigenvalue weighted by molar-refractivity contribution is -0.0372. The first-order valence-corrected chi connectivity index (χ1v) is 9.14. The van der Waals surface area contributed by atoms with Crippen molar-refractivity contribution in [2.24, 2.45) is 5.41 Å². The van der Waals surface area contributed by atoms with Crippen molar-refractivity contribution in [3.05, 3.63) is 36.4 Å². The number of hydrogen-bond acceptors (Lipinski definition) is 6. The van der Waals surface area contributed by atoms with Gasteiger partial charge in [-0.3, -0.25) is 0 Å². The van der Waals surface area contributed by atoms with Gasteiger partial charge in [-0.1, -0.05) is 25.5 Å². The summed E-state index contributed by atoms with van der Waals surface area (Å²) in [6.45, 7) is 3.32. The highest BCUT2D eigenvalue weighted by Crippen LogP contribution is 2.37. The lowest BCUT2D eigenvalue weighted by Gasteiger charge is -2.45. The number of anilines is 1. The molecule has 0 unspecified atom stereocenters. The summed E-state index contributed by atoms with van der Waals surface area (Å²) >= 11 is 0. The van der Waals surface area contributed by atoms with Crippen LogP contribution in [-0.2, 0) is 0 Å². The van der Waals surface area contributed by atoms with Crippen LogP contribution >= 0.6 is 0 Å². The predicted molar refractivity (Wildman–Crippen MR) is 101 cm³/mol. The fraction of sp³-hybridized carbons (Fsp3) is 0.500. The van der Waals surface area contributed by atoms with Gasteiger partial charge in [0.15, 0.2) is 5.82 Å². The SMILES string of the molecule is CCC[C@]1(CO)CCN(c2ccc(-c3ccccc3OC)nn2)C[C@H]1O. The Bertz CT molecular complexity index is 722. The largest absolute Gasteiger partial charge is 0.496 e. The quantitative estimate of drug-likeness (QED) is 0.827. The molecule has 1 aliphatic rings. The monoisotopic (exact) mass is 357 g/mol. The number of hydrogen-bond donors (Lipinski definition) is 2. The molecule has 2 atom stereocenters. The molecule has 6 nitrogen and oxygen atoms in total. The van der Waals surface area contributed by atoms with E-state index < -0.39 is 11.5 Å². The molecule has 2 aromatic rings. The number of methoxy groups -OCH3 is 1. The van der Waals surface area contributed by atoms with E-state index in [1.165, 1.54) is 0 Å². The first kappa shape index (κ1) is 18.6. The molecule has 1 aromatic heterocycles. The zero-order valence-corrected chi connectivity index (χ0v) is 15.4. The van der Waals surface area contributed by atoms with Gasteiger partial charge in [-0.15, -0.1) is 10.2 Å². The number of β-amino-alcohol motifs (C(OH)–C–C–N with tert-alkyl or cyclic N) is 1. The second-order valence-corrected chi connectivity index (χ2v) is 6.96.